The fourth-order valence-electron chi connectivity index (χ4n) is 0.642. The van der Waals surface area contributed by atoms with Gasteiger partial charge in [0.2, 0.25) is 0 Å². The van der Waals surface area contributed by atoms with E-state index in [9.17, 15) is 4.79 Å². The van der Waals surface area contributed by atoms with E-state index in [4.69, 9.17) is 5.11 Å². The van der Waals surface area contributed by atoms with E-state index in [1.54, 1.807) is 11.8 Å². The van der Waals surface area contributed by atoms with E-state index in [-0.39, 0.29) is 4.32 Å². The molecule has 0 rings (SSSR count). The van der Waals surface area contributed by atoms with Crippen molar-refractivity contribution in [2.75, 3.05) is 12.0 Å². The average molecular weight is 225 g/mol. The van der Waals surface area contributed by atoms with Gasteiger partial charge in [0.15, 0.2) is 0 Å². The van der Waals surface area contributed by atoms with Crippen LogP contribution < -0.4 is 5.32 Å². The summed E-state index contributed by atoms with van der Waals surface area (Å²) in [7, 11) is 0. The van der Waals surface area contributed by atoms with Gasteiger partial charge in [0.25, 0.3) is 0 Å². The number of rotatable bonds is 5. The summed E-state index contributed by atoms with van der Waals surface area (Å²) in [5.74, 6) is -0.0965. The van der Waals surface area contributed by atoms with Crippen molar-refractivity contribution in [2.45, 2.75) is 12.5 Å². The molecule has 0 aliphatic carbocycles. The Hall–Kier alpha value is 0.0600. The summed E-state index contributed by atoms with van der Waals surface area (Å²) in [5, 5.41) is 11.3. The Bertz CT molecular complexity index is 174. The number of carboxylic acid groups (broad SMARTS) is 1. The van der Waals surface area contributed by atoms with Crippen molar-refractivity contribution in [3.05, 3.63) is 0 Å². The van der Waals surface area contributed by atoms with Crippen molar-refractivity contribution in [1.82, 2.24) is 5.32 Å². The molecule has 0 aromatic heterocycles. The highest BCUT2D eigenvalue weighted by atomic mass is 32.2. The highest BCUT2D eigenvalue weighted by molar-refractivity contribution is 8.11. The molecule has 0 saturated heterocycles. The van der Waals surface area contributed by atoms with Crippen molar-refractivity contribution in [1.29, 1.82) is 0 Å². The van der Waals surface area contributed by atoms with Gasteiger partial charge in [-0.3, -0.25) is 0 Å². The maximum absolute atomic E-state index is 10.6. The minimum Gasteiger partial charge on any atom is -0.480 e. The summed E-state index contributed by atoms with van der Waals surface area (Å²) >= 11 is 10.0. The second-order valence-corrected chi connectivity index (χ2v) is 4.27. The van der Waals surface area contributed by atoms with Crippen LogP contribution in [0.15, 0.2) is 0 Å². The second-order valence-electron chi connectivity index (χ2n) is 2.12. The average Bonchev–Trinajstić information content (AvgIpc) is 1.96. The van der Waals surface area contributed by atoms with Crippen molar-refractivity contribution in [3.8, 4) is 0 Å². The first-order chi connectivity index (χ1) is 5.57. The molecule has 3 nitrogen and oxygen atoms in total. The maximum atomic E-state index is 10.6. The Labute approximate surface area is 86.7 Å². The first-order valence-corrected chi connectivity index (χ1v) is 5.54. The molecule has 0 saturated carbocycles. The molecule has 12 heavy (non-hydrogen) atoms. The molecular weight excluding hydrogens is 214 g/mol. The van der Waals surface area contributed by atoms with Crippen LogP contribution in [0.5, 0.6) is 0 Å². The lowest BCUT2D eigenvalue weighted by atomic mass is 10.2. The fraction of sp³-hybridized carbons (Fsp3) is 0.667. The fourth-order valence-corrected chi connectivity index (χ4v) is 1.41. The Morgan fingerprint density at radius 3 is 2.75 bits per heavy atom. The number of aliphatic carboxylic acids is 1. The van der Waals surface area contributed by atoms with Crippen LogP contribution in [0.2, 0.25) is 0 Å². The number of hydrogen-bond acceptors (Lipinski definition) is 3. The lowest BCUT2D eigenvalue weighted by molar-refractivity contribution is -0.139. The van der Waals surface area contributed by atoms with E-state index in [1.807, 2.05) is 6.26 Å². The molecule has 0 aromatic rings. The van der Waals surface area contributed by atoms with E-state index in [0.717, 1.165) is 5.75 Å². The molecule has 0 fully saturated rings. The molecule has 0 spiro atoms. The summed E-state index contributed by atoms with van der Waals surface area (Å²) in [6.45, 7) is 0. The number of thioether (sulfide) groups is 1. The zero-order valence-corrected chi connectivity index (χ0v) is 9.14. The van der Waals surface area contributed by atoms with Gasteiger partial charge >= 0.3 is 5.97 Å². The third-order valence-electron chi connectivity index (χ3n) is 1.21. The molecular formula is C6H11NO2S3. The number of thiocarbonyl (C=S) groups is 1. The number of carboxylic acids is 1. The van der Waals surface area contributed by atoms with Gasteiger partial charge in [-0.15, -0.1) is 12.6 Å². The maximum Gasteiger partial charge on any atom is 0.326 e. The number of carbonyl (C=O) groups is 1. The predicted octanol–water partition coefficient (Wildman–Crippen LogP) is 0.997. The molecule has 0 heterocycles. The summed E-state index contributed by atoms with van der Waals surface area (Å²) in [5.41, 5.74) is 0. The minimum absolute atomic E-state index is 0.225. The number of hydrogen-bond donors (Lipinski definition) is 3. The van der Waals surface area contributed by atoms with Gasteiger partial charge in [-0.2, -0.15) is 11.8 Å². The van der Waals surface area contributed by atoms with Crippen LogP contribution in [0.3, 0.4) is 0 Å². The number of nitrogens with one attached hydrogen (secondary N) is 1. The monoisotopic (exact) mass is 225 g/mol. The molecule has 2 N–H and O–H groups in total. The van der Waals surface area contributed by atoms with Crippen LogP contribution in [0.1, 0.15) is 6.42 Å². The first kappa shape index (κ1) is 12.1. The summed E-state index contributed by atoms with van der Waals surface area (Å²) in [4.78, 5) is 10.6. The van der Waals surface area contributed by atoms with Crippen LogP contribution >= 0.6 is 36.6 Å². The highest BCUT2D eigenvalue weighted by Gasteiger charge is 2.15. The zero-order chi connectivity index (χ0) is 9.56. The molecule has 0 unspecified atom stereocenters. The van der Waals surface area contributed by atoms with Crippen LogP contribution in [-0.4, -0.2) is 33.4 Å². The molecule has 0 radical (unpaired) electrons. The van der Waals surface area contributed by atoms with Crippen LogP contribution in [0.4, 0.5) is 0 Å². The predicted molar refractivity (Wildman–Crippen MR) is 59.1 cm³/mol. The summed E-state index contributed by atoms with van der Waals surface area (Å²) in [6, 6.07) is -0.609. The standard InChI is InChI=1S/C6H11NO2S3/c1-12-3-2-4(5(8)9)7-6(10)11/h4H,2-3H2,1H3,(H,8,9)(H2,7,10,11)/t4-/m0/s1. The van der Waals surface area contributed by atoms with Crippen molar-refractivity contribution in [2.24, 2.45) is 0 Å². The van der Waals surface area contributed by atoms with Crippen LogP contribution in [0, 0.1) is 0 Å². The molecule has 6 heteroatoms. The molecule has 1 atom stereocenters. The smallest absolute Gasteiger partial charge is 0.326 e. The van der Waals surface area contributed by atoms with Gasteiger partial charge in [-0.1, -0.05) is 12.2 Å². The Morgan fingerprint density at radius 2 is 2.42 bits per heavy atom. The molecule has 70 valence electrons. The third-order valence-corrected chi connectivity index (χ3v) is 2.10. The van der Waals surface area contributed by atoms with Crippen LogP contribution in [0.25, 0.3) is 0 Å². The highest BCUT2D eigenvalue weighted by Crippen LogP contribution is 2.01. The van der Waals surface area contributed by atoms with E-state index < -0.39 is 12.0 Å². The summed E-state index contributed by atoms with van der Waals surface area (Å²) in [6.07, 6.45) is 2.48. The molecule has 0 aliphatic heterocycles. The van der Waals surface area contributed by atoms with Crippen molar-refractivity contribution >= 4 is 46.9 Å². The molecule has 0 aliphatic rings. The summed E-state index contributed by atoms with van der Waals surface area (Å²) < 4.78 is 0.225. The van der Waals surface area contributed by atoms with Gasteiger partial charge in [0.1, 0.15) is 10.4 Å². The zero-order valence-electron chi connectivity index (χ0n) is 6.61. The molecule has 0 amide bonds. The third kappa shape index (κ3) is 5.68. The van der Waals surface area contributed by atoms with Gasteiger partial charge < -0.3 is 10.4 Å². The lowest BCUT2D eigenvalue weighted by Gasteiger charge is -2.12. The Kier molecular flexibility index (Phi) is 6.60. The van der Waals surface area contributed by atoms with Gasteiger partial charge in [-0.05, 0) is 18.4 Å². The topological polar surface area (TPSA) is 49.3 Å². The number of thiol groups is 1. The molecule has 0 bridgehead atoms. The van der Waals surface area contributed by atoms with Gasteiger partial charge in [0, 0.05) is 0 Å². The minimum atomic E-state index is -0.888. The van der Waals surface area contributed by atoms with Gasteiger partial charge in [0.05, 0.1) is 0 Å². The van der Waals surface area contributed by atoms with E-state index in [2.05, 4.69) is 30.2 Å². The largest absolute Gasteiger partial charge is 0.480 e. The second kappa shape index (κ2) is 6.56. The normalized spacial score (nSPS) is 12.2. The van der Waals surface area contributed by atoms with Gasteiger partial charge in [-0.25, -0.2) is 4.79 Å². The quantitative estimate of drug-likeness (QED) is 0.481. The Morgan fingerprint density at radius 1 is 1.83 bits per heavy atom. The SMILES string of the molecule is CSCC[C@H](NC(=S)S)C(=O)O. The van der Waals surface area contributed by atoms with Crippen LogP contribution in [-0.2, 0) is 4.79 Å². The van der Waals surface area contributed by atoms with Crippen molar-refractivity contribution < 1.29 is 9.90 Å². The van der Waals surface area contributed by atoms with E-state index in [0.29, 0.717) is 6.42 Å². The van der Waals surface area contributed by atoms with E-state index >= 15 is 0 Å². The lowest BCUT2D eigenvalue weighted by Crippen LogP contribution is -2.38. The first-order valence-electron chi connectivity index (χ1n) is 3.29. The Balaban J connectivity index is 3.87. The van der Waals surface area contributed by atoms with Crippen molar-refractivity contribution in [3.63, 3.8) is 0 Å². The van der Waals surface area contributed by atoms with E-state index in [1.165, 1.54) is 0 Å². The molecule has 0 aromatic carbocycles.